The van der Waals surface area contributed by atoms with Crippen molar-refractivity contribution < 1.29 is 13.9 Å². The minimum Gasteiger partial charge on any atom is -0.445 e. The van der Waals surface area contributed by atoms with Crippen molar-refractivity contribution in [1.29, 1.82) is 0 Å². The van der Waals surface area contributed by atoms with Crippen molar-refractivity contribution in [3.8, 4) is 11.3 Å². The van der Waals surface area contributed by atoms with Crippen molar-refractivity contribution >= 4 is 28.6 Å². The van der Waals surface area contributed by atoms with E-state index in [1.807, 2.05) is 72.6 Å². The van der Waals surface area contributed by atoms with Gasteiger partial charge in [-0.2, -0.15) is 5.10 Å². The topological polar surface area (TPSA) is 121 Å². The third-order valence-corrected chi connectivity index (χ3v) is 7.77. The Balaban J connectivity index is 1.09. The fraction of sp³-hybridized carbons (Fsp3) is 0.258. The number of aromatic amines is 1. The summed E-state index contributed by atoms with van der Waals surface area (Å²) in [5, 5.41) is 23.3. The second-order valence-corrected chi connectivity index (χ2v) is 10.3. The smallest absolute Gasteiger partial charge is 0.407 e. The molecule has 0 saturated heterocycles. The second kappa shape index (κ2) is 11.8. The summed E-state index contributed by atoms with van der Waals surface area (Å²) < 4.78 is 19.9. The fourth-order valence-corrected chi connectivity index (χ4v) is 5.28. The first kappa shape index (κ1) is 27.1. The van der Waals surface area contributed by atoms with E-state index in [9.17, 15) is 9.18 Å². The molecule has 11 heteroatoms. The SMILES string of the molecule is CN(c1ccc(-c2ccc3[nH]nc(NCCNC(=O)OCc4ccccc4)c3c2)nn1)C1(c2ncccc2F)CCC1. The van der Waals surface area contributed by atoms with Crippen molar-refractivity contribution in [1.82, 2.24) is 30.7 Å². The average molecular weight is 567 g/mol. The molecule has 0 atom stereocenters. The van der Waals surface area contributed by atoms with Gasteiger partial charge in [-0.15, -0.1) is 10.2 Å². The predicted octanol–water partition coefficient (Wildman–Crippen LogP) is 5.41. The van der Waals surface area contributed by atoms with E-state index >= 15 is 0 Å². The van der Waals surface area contributed by atoms with E-state index in [0.29, 0.717) is 36.1 Å². The number of rotatable bonds is 10. The molecule has 0 spiro atoms. The molecule has 3 aromatic heterocycles. The Morgan fingerprint density at radius 1 is 1.05 bits per heavy atom. The van der Waals surface area contributed by atoms with E-state index in [2.05, 4.69) is 36.0 Å². The van der Waals surface area contributed by atoms with Crippen LogP contribution in [0.3, 0.4) is 0 Å². The maximum absolute atomic E-state index is 14.7. The first-order chi connectivity index (χ1) is 20.5. The van der Waals surface area contributed by atoms with Gasteiger partial charge in [-0.1, -0.05) is 36.4 Å². The lowest BCUT2D eigenvalue weighted by atomic mass is 9.72. The number of carbonyl (C=O) groups is 1. The molecular weight excluding hydrogens is 535 g/mol. The minimum atomic E-state index is -0.523. The van der Waals surface area contributed by atoms with Crippen LogP contribution in [-0.4, -0.2) is 51.6 Å². The van der Waals surface area contributed by atoms with Gasteiger partial charge in [0.1, 0.15) is 18.1 Å². The van der Waals surface area contributed by atoms with Crippen LogP contribution in [0.25, 0.3) is 22.2 Å². The van der Waals surface area contributed by atoms with E-state index < -0.39 is 11.6 Å². The maximum Gasteiger partial charge on any atom is 0.407 e. The Morgan fingerprint density at radius 2 is 1.90 bits per heavy atom. The monoisotopic (exact) mass is 566 g/mol. The lowest BCUT2D eigenvalue weighted by molar-refractivity contribution is 0.140. The molecule has 10 nitrogen and oxygen atoms in total. The number of hydrogen-bond donors (Lipinski definition) is 3. The number of fused-ring (bicyclic) bond motifs is 1. The van der Waals surface area contributed by atoms with E-state index in [0.717, 1.165) is 41.3 Å². The summed E-state index contributed by atoms with van der Waals surface area (Å²) in [4.78, 5) is 18.4. The molecule has 1 aliphatic carbocycles. The fourth-order valence-electron chi connectivity index (χ4n) is 5.28. The summed E-state index contributed by atoms with van der Waals surface area (Å²) in [6, 6.07) is 22.3. The maximum atomic E-state index is 14.7. The van der Waals surface area contributed by atoms with E-state index in [1.54, 1.807) is 12.3 Å². The Morgan fingerprint density at radius 3 is 2.64 bits per heavy atom. The zero-order chi connectivity index (χ0) is 28.9. The first-order valence-corrected chi connectivity index (χ1v) is 13.9. The molecular formula is C31H31FN8O2. The summed E-state index contributed by atoms with van der Waals surface area (Å²) >= 11 is 0. The number of hydrogen-bond acceptors (Lipinski definition) is 8. The quantitative estimate of drug-likeness (QED) is 0.192. The van der Waals surface area contributed by atoms with Crippen molar-refractivity contribution in [3.63, 3.8) is 0 Å². The minimum absolute atomic E-state index is 0.219. The lowest BCUT2D eigenvalue weighted by Gasteiger charge is -2.48. The molecule has 0 radical (unpaired) electrons. The van der Waals surface area contributed by atoms with Gasteiger partial charge in [-0.25, -0.2) is 9.18 Å². The van der Waals surface area contributed by atoms with E-state index in [-0.39, 0.29) is 12.4 Å². The summed E-state index contributed by atoms with van der Waals surface area (Å²) in [6.45, 7) is 1.05. The third kappa shape index (κ3) is 5.45. The van der Waals surface area contributed by atoms with Crippen LogP contribution in [0.15, 0.2) is 79.0 Å². The summed E-state index contributed by atoms with van der Waals surface area (Å²) in [6.07, 6.45) is 3.77. The summed E-state index contributed by atoms with van der Waals surface area (Å²) in [5.74, 6) is 1.02. The highest BCUT2D eigenvalue weighted by atomic mass is 19.1. The highest BCUT2D eigenvalue weighted by Crippen LogP contribution is 2.47. The van der Waals surface area contributed by atoms with Crippen LogP contribution in [0.4, 0.5) is 20.8 Å². The molecule has 42 heavy (non-hydrogen) atoms. The van der Waals surface area contributed by atoms with Crippen LogP contribution in [0, 0.1) is 5.82 Å². The molecule has 214 valence electrons. The van der Waals surface area contributed by atoms with Crippen molar-refractivity contribution in [2.24, 2.45) is 0 Å². The van der Waals surface area contributed by atoms with Gasteiger partial charge in [-0.05, 0) is 61.2 Å². The molecule has 1 aliphatic rings. The van der Waals surface area contributed by atoms with Gasteiger partial charge in [0.15, 0.2) is 11.6 Å². The molecule has 3 heterocycles. The molecule has 0 unspecified atom stereocenters. The number of nitrogens with one attached hydrogen (secondary N) is 3. The standard InChI is InChI=1S/C31H31FN8O2/c1-40(31(14-6-15-31)28-24(32)9-5-16-33-28)27-13-12-25(36-38-27)22-10-11-26-23(19-22)29(39-37-26)34-17-18-35-30(41)42-20-21-7-3-2-4-8-21/h2-5,7-13,16,19H,6,14-15,17-18,20H2,1H3,(H,35,41)(H2,34,37,39). The number of benzene rings is 2. The van der Waals surface area contributed by atoms with Crippen LogP contribution >= 0.6 is 0 Å². The Hall–Kier alpha value is -5.06. The second-order valence-electron chi connectivity index (χ2n) is 10.3. The number of amides is 1. The van der Waals surface area contributed by atoms with Crippen LogP contribution in [0.1, 0.15) is 30.5 Å². The molecule has 6 rings (SSSR count). The van der Waals surface area contributed by atoms with Crippen LogP contribution in [0.5, 0.6) is 0 Å². The lowest BCUT2D eigenvalue weighted by Crippen LogP contribution is -2.51. The highest BCUT2D eigenvalue weighted by Gasteiger charge is 2.46. The van der Waals surface area contributed by atoms with Gasteiger partial charge in [0.05, 0.1) is 16.7 Å². The van der Waals surface area contributed by atoms with Crippen molar-refractivity contribution in [2.75, 3.05) is 30.4 Å². The normalized spacial score (nSPS) is 13.8. The number of halogens is 1. The highest BCUT2D eigenvalue weighted by molar-refractivity contribution is 5.92. The molecule has 1 saturated carbocycles. The number of aromatic nitrogens is 5. The van der Waals surface area contributed by atoms with E-state index in [4.69, 9.17) is 4.74 Å². The van der Waals surface area contributed by atoms with Gasteiger partial charge < -0.3 is 20.3 Å². The van der Waals surface area contributed by atoms with Crippen molar-refractivity contribution in [3.05, 3.63) is 96.1 Å². The number of ether oxygens (including phenoxy) is 1. The largest absolute Gasteiger partial charge is 0.445 e. The molecule has 2 aromatic carbocycles. The van der Waals surface area contributed by atoms with Gasteiger partial charge in [-0.3, -0.25) is 10.1 Å². The predicted molar refractivity (Wildman–Crippen MR) is 158 cm³/mol. The third-order valence-electron chi connectivity index (χ3n) is 7.77. The van der Waals surface area contributed by atoms with Crippen LogP contribution < -0.4 is 15.5 Å². The van der Waals surface area contributed by atoms with Gasteiger partial charge in [0.2, 0.25) is 0 Å². The van der Waals surface area contributed by atoms with E-state index in [1.165, 1.54) is 6.07 Å². The molecule has 0 bridgehead atoms. The zero-order valence-electron chi connectivity index (χ0n) is 23.2. The van der Waals surface area contributed by atoms with Crippen LogP contribution in [0.2, 0.25) is 0 Å². The molecule has 0 aliphatic heterocycles. The number of H-pyrrole nitrogens is 1. The Bertz CT molecular complexity index is 1670. The summed E-state index contributed by atoms with van der Waals surface area (Å²) in [7, 11) is 1.92. The molecule has 5 aromatic rings. The first-order valence-electron chi connectivity index (χ1n) is 13.9. The summed E-state index contributed by atoms with van der Waals surface area (Å²) in [5.41, 5.74) is 3.31. The molecule has 3 N–H and O–H groups in total. The molecule has 1 amide bonds. The van der Waals surface area contributed by atoms with Crippen molar-refractivity contribution in [2.45, 2.75) is 31.4 Å². The van der Waals surface area contributed by atoms with Gasteiger partial charge >= 0.3 is 6.09 Å². The van der Waals surface area contributed by atoms with Gasteiger partial charge in [0, 0.05) is 37.3 Å². The Kier molecular flexibility index (Phi) is 7.63. The zero-order valence-corrected chi connectivity index (χ0v) is 23.2. The van der Waals surface area contributed by atoms with Crippen LogP contribution in [-0.2, 0) is 16.9 Å². The Labute approximate surface area is 242 Å². The number of nitrogens with zero attached hydrogens (tertiary/aromatic N) is 5. The average Bonchev–Trinajstić information content (AvgIpc) is 3.41. The van der Waals surface area contributed by atoms with Gasteiger partial charge in [0.25, 0.3) is 0 Å². The molecule has 1 fully saturated rings. The number of anilines is 2. The number of carbonyl (C=O) groups excluding carboxylic acids is 1. The number of pyridine rings is 1. The number of alkyl carbamates (subject to hydrolysis) is 1.